The van der Waals surface area contributed by atoms with Crippen LogP contribution in [-0.2, 0) is 9.47 Å². The second-order valence-electron chi connectivity index (χ2n) is 4.72. The van der Waals surface area contributed by atoms with Crippen molar-refractivity contribution in [3.63, 3.8) is 0 Å². The highest BCUT2D eigenvalue weighted by Crippen LogP contribution is 2.16. The van der Waals surface area contributed by atoms with Crippen molar-refractivity contribution in [3.8, 4) is 6.07 Å². The molecule has 5 nitrogen and oxygen atoms in total. The first-order valence-electron chi connectivity index (χ1n) is 6.67. The van der Waals surface area contributed by atoms with Crippen molar-refractivity contribution in [3.05, 3.63) is 35.4 Å². The predicted octanol–water partition coefficient (Wildman–Crippen LogP) is 1.81. The zero-order valence-corrected chi connectivity index (χ0v) is 11.5. The molecular formula is C15H18N2O3. The molecule has 2 atom stereocenters. The summed E-state index contributed by atoms with van der Waals surface area (Å²) in [5.41, 5.74) is 1.31. The van der Waals surface area contributed by atoms with Gasteiger partial charge in [-0.15, -0.1) is 0 Å². The first-order valence-corrected chi connectivity index (χ1v) is 6.67. The van der Waals surface area contributed by atoms with Gasteiger partial charge in [-0.2, -0.15) is 5.26 Å². The third kappa shape index (κ3) is 3.56. The Bertz CT molecular complexity index is 487. The summed E-state index contributed by atoms with van der Waals surface area (Å²) in [5, 5.41) is 12.4. The summed E-state index contributed by atoms with van der Waals surface area (Å²) in [7, 11) is 1.34. The van der Waals surface area contributed by atoms with Crippen molar-refractivity contribution in [1.29, 1.82) is 5.26 Å². The minimum absolute atomic E-state index is 0.195. The van der Waals surface area contributed by atoms with E-state index in [4.69, 9.17) is 4.74 Å². The van der Waals surface area contributed by atoms with Crippen LogP contribution in [0.25, 0.3) is 0 Å². The molecule has 0 spiro atoms. The molecule has 106 valence electrons. The number of ether oxygens (including phenoxy) is 2. The van der Waals surface area contributed by atoms with Gasteiger partial charge in [0, 0.05) is 13.2 Å². The highest BCUT2D eigenvalue weighted by atomic mass is 16.5. The van der Waals surface area contributed by atoms with Crippen molar-refractivity contribution in [2.45, 2.75) is 25.0 Å². The molecule has 0 saturated carbocycles. The molecule has 1 aliphatic rings. The molecule has 1 fully saturated rings. The lowest BCUT2D eigenvalue weighted by Crippen LogP contribution is -2.29. The number of rotatable bonds is 5. The Balaban J connectivity index is 1.96. The summed E-state index contributed by atoms with van der Waals surface area (Å²) < 4.78 is 10.2. The monoisotopic (exact) mass is 274 g/mol. The summed E-state index contributed by atoms with van der Waals surface area (Å²) in [5.74, 6) is -0.377. The van der Waals surface area contributed by atoms with Gasteiger partial charge >= 0.3 is 5.97 Å². The smallest absolute Gasteiger partial charge is 0.337 e. The largest absolute Gasteiger partial charge is 0.465 e. The lowest BCUT2D eigenvalue weighted by molar-refractivity contribution is 0.0600. The molecule has 5 heteroatoms. The summed E-state index contributed by atoms with van der Waals surface area (Å²) in [4.78, 5) is 11.3. The zero-order chi connectivity index (χ0) is 14.4. The van der Waals surface area contributed by atoms with Crippen molar-refractivity contribution in [2.24, 2.45) is 0 Å². The maximum atomic E-state index is 11.3. The van der Waals surface area contributed by atoms with Crippen LogP contribution in [0.4, 0.5) is 0 Å². The van der Waals surface area contributed by atoms with Gasteiger partial charge in [-0.1, -0.05) is 12.1 Å². The summed E-state index contributed by atoms with van der Waals surface area (Å²) in [6, 6.07) is 8.69. The summed E-state index contributed by atoms with van der Waals surface area (Å²) in [6.07, 6.45) is 2.31. The molecule has 1 aliphatic heterocycles. The fourth-order valence-corrected chi connectivity index (χ4v) is 2.22. The number of carbonyl (C=O) groups excluding carboxylic acids is 1. The average Bonchev–Trinajstić information content (AvgIpc) is 3.01. The highest BCUT2D eigenvalue weighted by molar-refractivity contribution is 5.89. The molecule has 2 rings (SSSR count). The molecule has 1 aromatic rings. The minimum atomic E-state index is -0.397. The lowest BCUT2D eigenvalue weighted by atomic mass is 10.1. The number of benzene rings is 1. The Kier molecular flexibility index (Phi) is 5.10. The van der Waals surface area contributed by atoms with Gasteiger partial charge in [0.2, 0.25) is 0 Å². The molecule has 1 saturated heterocycles. The molecule has 20 heavy (non-hydrogen) atoms. The zero-order valence-electron chi connectivity index (χ0n) is 11.5. The van der Waals surface area contributed by atoms with E-state index in [9.17, 15) is 10.1 Å². The Morgan fingerprint density at radius 3 is 2.85 bits per heavy atom. The fourth-order valence-electron chi connectivity index (χ4n) is 2.22. The molecule has 0 aromatic heterocycles. The maximum Gasteiger partial charge on any atom is 0.337 e. The van der Waals surface area contributed by atoms with Gasteiger partial charge in [0.25, 0.3) is 0 Å². The maximum absolute atomic E-state index is 11.3. The average molecular weight is 274 g/mol. The standard InChI is InChI=1S/C15H18N2O3/c1-19-15(18)12-6-4-11(5-7-12)14(9-16)17-10-13-3-2-8-20-13/h4-7,13-14,17H,2-3,8,10H2,1H3. The van der Waals surface area contributed by atoms with E-state index in [1.165, 1.54) is 7.11 Å². The number of nitrogens with one attached hydrogen (secondary N) is 1. The third-order valence-electron chi connectivity index (χ3n) is 3.37. The van der Waals surface area contributed by atoms with Crippen LogP contribution >= 0.6 is 0 Å². The van der Waals surface area contributed by atoms with E-state index < -0.39 is 6.04 Å². The molecule has 0 aliphatic carbocycles. The Morgan fingerprint density at radius 2 is 2.30 bits per heavy atom. The van der Waals surface area contributed by atoms with E-state index in [0.29, 0.717) is 12.1 Å². The summed E-state index contributed by atoms with van der Waals surface area (Å²) >= 11 is 0. The van der Waals surface area contributed by atoms with Gasteiger partial charge in [-0.25, -0.2) is 4.79 Å². The number of hydrogen-bond donors (Lipinski definition) is 1. The number of esters is 1. The molecule has 0 amide bonds. The molecule has 2 unspecified atom stereocenters. The van der Waals surface area contributed by atoms with Gasteiger partial charge in [-0.05, 0) is 30.5 Å². The van der Waals surface area contributed by atoms with E-state index >= 15 is 0 Å². The van der Waals surface area contributed by atoms with Crippen molar-refractivity contribution < 1.29 is 14.3 Å². The first-order chi connectivity index (χ1) is 9.74. The normalized spacial score (nSPS) is 19.3. The third-order valence-corrected chi connectivity index (χ3v) is 3.37. The van der Waals surface area contributed by atoms with Crippen LogP contribution in [0.15, 0.2) is 24.3 Å². The Morgan fingerprint density at radius 1 is 1.55 bits per heavy atom. The minimum Gasteiger partial charge on any atom is -0.465 e. The van der Waals surface area contributed by atoms with E-state index in [-0.39, 0.29) is 12.1 Å². The summed E-state index contributed by atoms with van der Waals surface area (Å²) in [6.45, 7) is 1.47. The Hall–Kier alpha value is -1.90. The van der Waals surface area contributed by atoms with Crippen LogP contribution in [-0.4, -0.2) is 32.3 Å². The molecule has 1 heterocycles. The quantitative estimate of drug-likeness (QED) is 0.829. The first kappa shape index (κ1) is 14.5. The van der Waals surface area contributed by atoms with Crippen molar-refractivity contribution >= 4 is 5.97 Å². The topological polar surface area (TPSA) is 71.4 Å². The number of nitriles is 1. The van der Waals surface area contributed by atoms with E-state index in [1.807, 2.05) is 0 Å². The van der Waals surface area contributed by atoms with Crippen LogP contribution in [0.2, 0.25) is 0 Å². The SMILES string of the molecule is COC(=O)c1ccc(C(C#N)NCC2CCCO2)cc1. The van der Waals surface area contributed by atoms with Gasteiger partial charge in [0.05, 0.1) is 24.8 Å². The highest BCUT2D eigenvalue weighted by Gasteiger charge is 2.18. The number of methoxy groups -OCH3 is 1. The van der Waals surface area contributed by atoms with Gasteiger partial charge in [0.15, 0.2) is 0 Å². The number of nitrogens with zero attached hydrogens (tertiary/aromatic N) is 1. The van der Waals surface area contributed by atoms with E-state index in [2.05, 4.69) is 16.1 Å². The molecule has 0 bridgehead atoms. The van der Waals surface area contributed by atoms with E-state index in [0.717, 1.165) is 25.0 Å². The van der Waals surface area contributed by atoms with Crippen LogP contribution in [0.5, 0.6) is 0 Å². The van der Waals surface area contributed by atoms with Crippen LogP contribution in [0, 0.1) is 11.3 Å². The Labute approximate surface area is 118 Å². The van der Waals surface area contributed by atoms with Gasteiger partial charge in [0.1, 0.15) is 6.04 Å². The van der Waals surface area contributed by atoms with Gasteiger partial charge < -0.3 is 9.47 Å². The second-order valence-corrected chi connectivity index (χ2v) is 4.72. The lowest BCUT2D eigenvalue weighted by Gasteiger charge is -2.15. The molecule has 0 radical (unpaired) electrons. The van der Waals surface area contributed by atoms with Crippen LogP contribution < -0.4 is 5.32 Å². The van der Waals surface area contributed by atoms with Crippen molar-refractivity contribution in [2.75, 3.05) is 20.3 Å². The van der Waals surface area contributed by atoms with Crippen molar-refractivity contribution in [1.82, 2.24) is 5.32 Å². The van der Waals surface area contributed by atoms with Crippen LogP contribution in [0.3, 0.4) is 0 Å². The molecule has 1 N–H and O–H groups in total. The van der Waals surface area contributed by atoms with Gasteiger partial charge in [-0.3, -0.25) is 5.32 Å². The fraction of sp³-hybridized carbons (Fsp3) is 0.467. The van der Waals surface area contributed by atoms with E-state index in [1.54, 1.807) is 24.3 Å². The second kappa shape index (κ2) is 7.04. The predicted molar refractivity (Wildman–Crippen MR) is 73.1 cm³/mol. The van der Waals surface area contributed by atoms with Crippen LogP contribution in [0.1, 0.15) is 34.8 Å². The number of hydrogen-bond acceptors (Lipinski definition) is 5. The number of carbonyl (C=O) groups is 1. The molecular weight excluding hydrogens is 256 g/mol. The molecule has 1 aromatic carbocycles.